The van der Waals surface area contributed by atoms with Crippen molar-refractivity contribution in [2.24, 2.45) is 5.10 Å². The fourth-order valence-electron chi connectivity index (χ4n) is 3.09. The molecule has 1 atom stereocenters. The molecule has 0 radical (unpaired) electrons. The minimum atomic E-state index is 0.128. The van der Waals surface area contributed by atoms with E-state index in [0.717, 1.165) is 28.9 Å². The summed E-state index contributed by atoms with van der Waals surface area (Å²) in [5.41, 5.74) is 4.45. The van der Waals surface area contributed by atoms with Crippen LogP contribution in [0.5, 0.6) is 5.75 Å². The lowest BCUT2D eigenvalue weighted by atomic mass is 9.98. The standard InChI is InChI=1S/C21H18N2O/c24-19-13-11-17(12-14-19)21-15-20(16-7-3-1-4-8-16)22-23(21)18-9-5-2-6-10-18/h1-14,21,24H,15H2. The zero-order valence-corrected chi connectivity index (χ0v) is 13.2. The SMILES string of the molecule is Oc1ccc(C2CC(c3ccccc3)=NN2c2ccccc2)cc1. The van der Waals surface area contributed by atoms with E-state index in [0.29, 0.717) is 0 Å². The quantitative estimate of drug-likeness (QED) is 0.757. The fourth-order valence-corrected chi connectivity index (χ4v) is 3.09. The van der Waals surface area contributed by atoms with E-state index in [4.69, 9.17) is 5.10 Å². The summed E-state index contributed by atoms with van der Waals surface area (Å²) in [6, 6.07) is 28.1. The van der Waals surface area contributed by atoms with E-state index in [1.165, 1.54) is 0 Å². The summed E-state index contributed by atoms with van der Waals surface area (Å²) in [5.74, 6) is 0.284. The van der Waals surface area contributed by atoms with E-state index in [1.807, 2.05) is 48.5 Å². The number of phenolic OH excluding ortho intramolecular Hbond substituents is 1. The lowest BCUT2D eigenvalue weighted by Crippen LogP contribution is -2.18. The van der Waals surface area contributed by atoms with Crippen molar-refractivity contribution in [3.63, 3.8) is 0 Å². The highest BCUT2D eigenvalue weighted by atomic mass is 16.3. The molecule has 0 spiro atoms. The van der Waals surface area contributed by atoms with Crippen molar-refractivity contribution in [3.8, 4) is 5.75 Å². The molecule has 3 aromatic rings. The van der Waals surface area contributed by atoms with Crippen LogP contribution in [0, 0.1) is 0 Å². The molecule has 1 aliphatic heterocycles. The van der Waals surface area contributed by atoms with Gasteiger partial charge in [0, 0.05) is 6.42 Å². The molecule has 24 heavy (non-hydrogen) atoms. The van der Waals surface area contributed by atoms with Crippen LogP contribution < -0.4 is 5.01 Å². The van der Waals surface area contributed by atoms with E-state index in [1.54, 1.807) is 12.1 Å². The first-order chi connectivity index (χ1) is 11.8. The second-order valence-corrected chi connectivity index (χ2v) is 5.90. The molecule has 1 heterocycles. The Morgan fingerprint density at radius 2 is 1.42 bits per heavy atom. The number of hydrogen-bond acceptors (Lipinski definition) is 3. The molecule has 1 N–H and O–H groups in total. The molecule has 0 aromatic heterocycles. The Hall–Kier alpha value is -3.07. The number of rotatable bonds is 3. The van der Waals surface area contributed by atoms with Crippen LogP contribution in [0.3, 0.4) is 0 Å². The number of hydrogen-bond donors (Lipinski definition) is 1. The van der Waals surface area contributed by atoms with Gasteiger partial charge in [-0.25, -0.2) is 0 Å². The molecule has 0 bridgehead atoms. The van der Waals surface area contributed by atoms with Gasteiger partial charge in [-0.05, 0) is 35.4 Å². The molecule has 1 aliphatic rings. The highest BCUT2D eigenvalue weighted by Crippen LogP contribution is 2.36. The topological polar surface area (TPSA) is 35.8 Å². The smallest absolute Gasteiger partial charge is 0.115 e. The van der Waals surface area contributed by atoms with E-state index >= 15 is 0 Å². The van der Waals surface area contributed by atoms with Gasteiger partial charge in [-0.15, -0.1) is 0 Å². The number of hydrazone groups is 1. The summed E-state index contributed by atoms with van der Waals surface area (Å²) in [4.78, 5) is 0. The summed E-state index contributed by atoms with van der Waals surface area (Å²) < 4.78 is 0. The average Bonchev–Trinajstić information content (AvgIpc) is 3.09. The average molecular weight is 314 g/mol. The van der Waals surface area contributed by atoms with Crippen LogP contribution in [0.2, 0.25) is 0 Å². The van der Waals surface area contributed by atoms with Gasteiger partial charge < -0.3 is 5.11 Å². The molecule has 118 valence electrons. The Balaban J connectivity index is 1.74. The molecule has 3 nitrogen and oxygen atoms in total. The van der Waals surface area contributed by atoms with Crippen LogP contribution in [-0.4, -0.2) is 10.8 Å². The highest BCUT2D eigenvalue weighted by molar-refractivity contribution is 6.03. The van der Waals surface area contributed by atoms with Crippen LogP contribution in [0.1, 0.15) is 23.6 Å². The first kappa shape index (κ1) is 14.5. The Bertz CT molecular complexity index is 842. The van der Waals surface area contributed by atoms with Crippen LogP contribution in [0.25, 0.3) is 0 Å². The van der Waals surface area contributed by atoms with Crippen LogP contribution >= 0.6 is 0 Å². The predicted octanol–water partition coefficient (Wildman–Crippen LogP) is 4.75. The van der Waals surface area contributed by atoms with Gasteiger partial charge >= 0.3 is 0 Å². The van der Waals surface area contributed by atoms with Crippen molar-refractivity contribution < 1.29 is 5.11 Å². The molecular weight excluding hydrogens is 296 g/mol. The minimum absolute atomic E-state index is 0.128. The van der Waals surface area contributed by atoms with Gasteiger partial charge in [-0.2, -0.15) is 5.10 Å². The third kappa shape index (κ3) is 2.76. The minimum Gasteiger partial charge on any atom is -0.508 e. The second kappa shape index (κ2) is 6.20. The summed E-state index contributed by atoms with van der Waals surface area (Å²) >= 11 is 0. The van der Waals surface area contributed by atoms with Gasteiger partial charge in [0.15, 0.2) is 0 Å². The fraction of sp³-hybridized carbons (Fsp3) is 0.0952. The summed E-state index contributed by atoms with van der Waals surface area (Å²) in [5, 5.41) is 16.5. The van der Waals surface area contributed by atoms with Gasteiger partial charge in [-0.3, -0.25) is 5.01 Å². The Morgan fingerprint density at radius 3 is 2.08 bits per heavy atom. The second-order valence-electron chi connectivity index (χ2n) is 5.90. The maximum atomic E-state index is 9.57. The van der Waals surface area contributed by atoms with E-state index < -0.39 is 0 Å². The lowest BCUT2D eigenvalue weighted by molar-refractivity contribution is 0.475. The maximum absolute atomic E-state index is 9.57. The first-order valence-electron chi connectivity index (χ1n) is 8.07. The molecule has 0 saturated heterocycles. The number of para-hydroxylation sites is 1. The summed E-state index contributed by atoms with van der Waals surface area (Å²) in [6.45, 7) is 0. The Labute approximate surface area is 141 Å². The zero-order chi connectivity index (χ0) is 16.4. The van der Waals surface area contributed by atoms with E-state index in [9.17, 15) is 5.11 Å². The normalized spacial score (nSPS) is 16.9. The van der Waals surface area contributed by atoms with Gasteiger partial charge in [-0.1, -0.05) is 60.7 Å². The predicted molar refractivity (Wildman–Crippen MR) is 97.4 cm³/mol. The van der Waals surface area contributed by atoms with Gasteiger partial charge in [0.25, 0.3) is 0 Å². The van der Waals surface area contributed by atoms with Crippen molar-refractivity contribution in [1.29, 1.82) is 0 Å². The van der Waals surface area contributed by atoms with Crippen molar-refractivity contribution in [1.82, 2.24) is 0 Å². The molecular formula is C21H18N2O. The highest BCUT2D eigenvalue weighted by Gasteiger charge is 2.29. The molecule has 3 aromatic carbocycles. The third-order valence-electron chi connectivity index (χ3n) is 4.32. The number of benzene rings is 3. The maximum Gasteiger partial charge on any atom is 0.115 e. The van der Waals surface area contributed by atoms with Gasteiger partial charge in [0.05, 0.1) is 17.4 Å². The largest absolute Gasteiger partial charge is 0.508 e. The summed E-state index contributed by atoms with van der Waals surface area (Å²) in [7, 11) is 0. The van der Waals surface area contributed by atoms with Crippen LogP contribution in [0.15, 0.2) is 90.0 Å². The number of nitrogens with zero attached hydrogens (tertiary/aromatic N) is 2. The Kier molecular flexibility index (Phi) is 3.75. The van der Waals surface area contributed by atoms with Gasteiger partial charge in [0.1, 0.15) is 5.75 Å². The number of anilines is 1. The van der Waals surface area contributed by atoms with Crippen molar-refractivity contribution >= 4 is 11.4 Å². The monoisotopic (exact) mass is 314 g/mol. The number of aromatic hydroxyl groups is 1. The van der Waals surface area contributed by atoms with E-state index in [-0.39, 0.29) is 11.8 Å². The molecule has 0 amide bonds. The number of phenols is 1. The van der Waals surface area contributed by atoms with Crippen molar-refractivity contribution in [2.75, 3.05) is 5.01 Å². The third-order valence-corrected chi connectivity index (χ3v) is 4.32. The van der Waals surface area contributed by atoms with Crippen molar-refractivity contribution in [2.45, 2.75) is 12.5 Å². The molecule has 3 heteroatoms. The Morgan fingerprint density at radius 1 is 0.792 bits per heavy atom. The molecule has 4 rings (SSSR count). The van der Waals surface area contributed by atoms with Crippen molar-refractivity contribution in [3.05, 3.63) is 96.1 Å². The van der Waals surface area contributed by atoms with Crippen LogP contribution in [0.4, 0.5) is 5.69 Å². The molecule has 0 saturated carbocycles. The van der Waals surface area contributed by atoms with Crippen LogP contribution in [-0.2, 0) is 0 Å². The molecule has 0 fully saturated rings. The first-order valence-corrected chi connectivity index (χ1v) is 8.07. The van der Waals surface area contributed by atoms with E-state index in [2.05, 4.69) is 29.3 Å². The lowest BCUT2D eigenvalue weighted by Gasteiger charge is -2.24. The van der Waals surface area contributed by atoms with Gasteiger partial charge in [0.2, 0.25) is 0 Å². The zero-order valence-electron chi connectivity index (χ0n) is 13.2. The molecule has 1 unspecified atom stereocenters. The molecule has 0 aliphatic carbocycles. The summed E-state index contributed by atoms with van der Waals surface area (Å²) in [6.07, 6.45) is 0.837.